The molecule has 0 spiro atoms. The van der Waals surface area contributed by atoms with E-state index in [4.69, 9.17) is 4.74 Å². The Morgan fingerprint density at radius 3 is 2.45 bits per heavy atom. The largest absolute Gasteiger partial charge is 0.378 e. The number of hydrogen-bond donors (Lipinski definition) is 2. The first-order valence-electron chi connectivity index (χ1n) is 14.3. The molecule has 1 aliphatic rings. The number of carbonyl (C=O) groups is 2. The number of nitrogens with one attached hydrogen (secondary N) is 2. The quantitative estimate of drug-likeness (QED) is 0.280. The van der Waals surface area contributed by atoms with Crippen LogP contribution in [0, 0.1) is 17.1 Å². The standard InChI is InChI=1S/C34H32FN5O4/c1-22(37-2)33(42)38-30-10-11-31(26-5-3-4-23(16-26)20-36)40(34(30)43)21-24-17-27(32(41)25-6-8-28(35)9-7-25)19-29(18-24)39-12-14-44-15-13-39/h3-11,16-19,22,37H,12-15,21H2,1-2H3,(H,38,42)/t22-/m0/s1. The van der Waals surface area contributed by atoms with E-state index in [1.807, 2.05) is 6.07 Å². The molecule has 1 saturated heterocycles. The Labute approximate surface area is 254 Å². The molecule has 0 radical (unpaired) electrons. The molecule has 5 rings (SSSR count). The van der Waals surface area contributed by atoms with Crippen LogP contribution in [-0.4, -0.2) is 55.7 Å². The van der Waals surface area contributed by atoms with Crippen molar-refractivity contribution in [2.75, 3.05) is 43.6 Å². The van der Waals surface area contributed by atoms with Gasteiger partial charge in [0.15, 0.2) is 5.78 Å². The first kappa shape index (κ1) is 30.4. The molecule has 2 heterocycles. The minimum absolute atomic E-state index is 0.0676. The predicted molar refractivity (Wildman–Crippen MR) is 166 cm³/mol. The fraction of sp³-hybridized carbons (Fsp3) is 0.235. The second-order valence-electron chi connectivity index (χ2n) is 10.5. The maximum Gasteiger partial charge on any atom is 0.275 e. The smallest absolute Gasteiger partial charge is 0.275 e. The molecule has 9 nitrogen and oxygen atoms in total. The van der Waals surface area contributed by atoms with E-state index in [1.54, 1.807) is 62.5 Å². The monoisotopic (exact) mass is 593 g/mol. The van der Waals surface area contributed by atoms with Gasteiger partial charge in [0.25, 0.3) is 5.56 Å². The molecule has 1 atom stereocenters. The highest BCUT2D eigenvalue weighted by Crippen LogP contribution is 2.26. The third-order valence-electron chi connectivity index (χ3n) is 7.61. The molecule has 1 amide bonds. The number of anilines is 2. The van der Waals surface area contributed by atoms with Crippen molar-refractivity contribution in [3.8, 4) is 17.3 Å². The summed E-state index contributed by atoms with van der Waals surface area (Å²) in [6.07, 6.45) is 0. The van der Waals surface area contributed by atoms with Crippen LogP contribution < -0.4 is 21.1 Å². The van der Waals surface area contributed by atoms with Gasteiger partial charge >= 0.3 is 0 Å². The number of morpholine rings is 1. The van der Waals surface area contributed by atoms with E-state index in [-0.39, 0.29) is 23.9 Å². The average Bonchev–Trinajstić information content (AvgIpc) is 3.06. The van der Waals surface area contributed by atoms with E-state index in [0.29, 0.717) is 59.8 Å². The lowest BCUT2D eigenvalue weighted by Gasteiger charge is -2.29. The van der Waals surface area contributed by atoms with Gasteiger partial charge in [-0.3, -0.25) is 14.4 Å². The van der Waals surface area contributed by atoms with Gasteiger partial charge in [0.2, 0.25) is 5.91 Å². The minimum Gasteiger partial charge on any atom is -0.378 e. The molecule has 44 heavy (non-hydrogen) atoms. The van der Waals surface area contributed by atoms with Crippen LogP contribution in [-0.2, 0) is 16.1 Å². The van der Waals surface area contributed by atoms with E-state index >= 15 is 0 Å². The van der Waals surface area contributed by atoms with Crippen molar-refractivity contribution in [3.63, 3.8) is 0 Å². The van der Waals surface area contributed by atoms with Crippen LogP contribution in [0.25, 0.3) is 11.3 Å². The molecule has 0 aliphatic carbocycles. The Balaban J connectivity index is 1.63. The maximum absolute atomic E-state index is 14.0. The molecule has 4 aromatic rings. The fourth-order valence-corrected chi connectivity index (χ4v) is 5.05. The summed E-state index contributed by atoms with van der Waals surface area (Å²) < 4.78 is 20.6. The highest BCUT2D eigenvalue weighted by molar-refractivity contribution is 6.09. The molecule has 0 unspecified atom stereocenters. The van der Waals surface area contributed by atoms with Gasteiger partial charge in [0, 0.05) is 29.9 Å². The molecule has 1 aromatic heterocycles. The molecule has 0 saturated carbocycles. The first-order valence-corrected chi connectivity index (χ1v) is 14.3. The van der Waals surface area contributed by atoms with Crippen molar-refractivity contribution >= 4 is 23.1 Å². The Hall–Kier alpha value is -5.11. The Morgan fingerprint density at radius 2 is 1.75 bits per heavy atom. The lowest BCUT2D eigenvalue weighted by atomic mass is 9.99. The zero-order chi connectivity index (χ0) is 31.2. The zero-order valence-electron chi connectivity index (χ0n) is 24.5. The van der Waals surface area contributed by atoms with Crippen LogP contribution in [0.1, 0.15) is 34.0 Å². The Bertz CT molecular complexity index is 1790. The van der Waals surface area contributed by atoms with Crippen molar-refractivity contribution < 1.29 is 18.7 Å². The number of ether oxygens (including phenoxy) is 1. The van der Waals surface area contributed by atoms with Gasteiger partial charge < -0.3 is 24.8 Å². The number of nitrogens with zero attached hydrogens (tertiary/aromatic N) is 3. The topological polar surface area (TPSA) is 116 Å². The van der Waals surface area contributed by atoms with E-state index in [9.17, 15) is 24.0 Å². The number of aromatic nitrogens is 1. The van der Waals surface area contributed by atoms with Gasteiger partial charge in [0.05, 0.1) is 43.1 Å². The summed E-state index contributed by atoms with van der Waals surface area (Å²) in [5.41, 5.74) is 3.48. The number of benzene rings is 3. The summed E-state index contributed by atoms with van der Waals surface area (Å²) in [6.45, 7) is 4.09. The number of rotatable bonds is 9. The number of halogens is 1. The van der Waals surface area contributed by atoms with Crippen LogP contribution in [0.5, 0.6) is 0 Å². The van der Waals surface area contributed by atoms with E-state index in [2.05, 4.69) is 21.6 Å². The van der Waals surface area contributed by atoms with E-state index in [0.717, 1.165) is 5.69 Å². The number of hydrogen-bond acceptors (Lipinski definition) is 7. The summed E-state index contributed by atoms with van der Waals surface area (Å²) in [7, 11) is 1.65. The van der Waals surface area contributed by atoms with Crippen LogP contribution >= 0.6 is 0 Å². The molecular weight excluding hydrogens is 561 g/mol. The van der Waals surface area contributed by atoms with Crippen LogP contribution in [0.4, 0.5) is 15.8 Å². The van der Waals surface area contributed by atoms with Crippen molar-refractivity contribution in [1.29, 1.82) is 5.26 Å². The van der Waals surface area contributed by atoms with Gasteiger partial charge in [0.1, 0.15) is 11.5 Å². The summed E-state index contributed by atoms with van der Waals surface area (Å²) in [5.74, 6) is -1.08. The van der Waals surface area contributed by atoms with Crippen molar-refractivity contribution in [2.24, 2.45) is 0 Å². The predicted octanol–water partition coefficient (Wildman–Crippen LogP) is 4.19. The highest BCUT2D eigenvalue weighted by Gasteiger charge is 2.20. The zero-order valence-corrected chi connectivity index (χ0v) is 24.5. The number of ketones is 1. The van der Waals surface area contributed by atoms with Crippen molar-refractivity contribution in [3.05, 3.63) is 117 Å². The summed E-state index contributed by atoms with van der Waals surface area (Å²) in [5, 5.41) is 15.1. The lowest BCUT2D eigenvalue weighted by molar-refractivity contribution is -0.117. The molecule has 224 valence electrons. The normalized spacial score (nSPS) is 13.6. The van der Waals surface area contributed by atoms with Gasteiger partial charge in [-0.25, -0.2) is 4.39 Å². The highest BCUT2D eigenvalue weighted by atomic mass is 19.1. The Morgan fingerprint density at radius 1 is 1.00 bits per heavy atom. The van der Waals surface area contributed by atoms with Gasteiger partial charge in [-0.2, -0.15) is 5.26 Å². The summed E-state index contributed by atoms with van der Waals surface area (Å²) in [6, 6.07) is 22.7. The first-order chi connectivity index (χ1) is 21.3. The van der Waals surface area contributed by atoms with Crippen LogP contribution in [0.15, 0.2) is 83.7 Å². The number of likely N-dealkylation sites (N-methyl/N-ethyl adjacent to an activating group) is 1. The average molecular weight is 594 g/mol. The Kier molecular flexibility index (Phi) is 9.29. The third-order valence-corrected chi connectivity index (χ3v) is 7.61. The van der Waals surface area contributed by atoms with Gasteiger partial charge in [-0.05, 0) is 91.8 Å². The number of carbonyl (C=O) groups excluding carboxylic acids is 2. The summed E-state index contributed by atoms with van der Waals surface area (Å²) in [4.78, 5) is 42.3. The second-order valence-corrected chi connectivity index (χ2v) is 10.5. The van der Waals surface area contributed by atoms with Crippen molar-refractivity contribution in [2.45, 2.75) is 19.5 Å². The molecular formula is C34H32FN5O4. The maximum atomic E-state index is 14.0. The van der Waals surface area contributed by atoms with E-state index < -0.39 is 17.4 Å². The lowest BCUT2D eigenvalue weighted by Crippen LogP contribution is -2.37. The van der Waals surface area contributed by atoms with Gasteiger partial charge in [-0.15, -0.1) is 0 Å². The minimum atomic E-state index is -0.528. The molecule has 10 heteroatoms. The second kappa shape index (κ2) is 13.5. The fourth-order valence-electron chi connectivity index (χ4n) is 5.05. The van der Waals surface area contributed by atoms with Crippen LogP contribution in [0.3, 0.4) is 0 Å². The van der Waals surface area contributed by atoms with E-state index in [1.165, 1.54) is 28.8 Å². The number of pyridine rings is 1. The van der Waals surface area contributed by atoms with Gasteiger partial charge in [-0.1, -0.05) is 12.1 Å². The molecule has 1 fully saturated rings. The molecule has 0 bridgehead atoms. The number of nitriles is 1. The SMILES string of the molecule is CN[C@@H](C)C(=O)Nc1ccc(-c2cccc(C#N)c2)n(Cc2cc(C(=O)c3ccc(F)cc3)cc(N3CCOCC3)c2)c1=O. The summed E-state index contributed by atoms with van der Waals surface area (Å²) >= 11 is 0. The van der Waals surface area contributed by atoms with Crippen molar-refractivity contribution in [1.82, 2.24) is 9.88 Å². The molecule has 2 N–H and O–H groups in total. The molecule has 1 aliphatic heterocycles. The molecule has 3 aromatic carbocycles. The number of amides is 1. The third kappa shape index (κ3) is 6.75. The van der Waals surface area contributed by atoms with Crippen LogP contribution in [0.2, 0.25) is 0 Å².